The number of alkyl halides is 1. The third kappa shape index (κ3) is 2.45. The molecule has 3 rings (SSSR count). The van der Waals surface area contributed by atoms with E-state index in [9.17, 15) is 0 Å². The van der Waals surface area contributed by atoms with Crippen LogP contribution in [0, 0.1) is 5.41 Å². The first-order chi connectivity index (χ1) is 9.62. The number of rotatable bonds is 3. The van der Waals surface area contributed by atoms with Crippen molar-refractivity contribution < 1.29 is 4.74 Å². The Labute approximate surface area is 126 Å². The van der Waals surface area contributed by atoms with Gasteiger partial charge in [-0.2, -0.15) is 5.10 Å². The van der Waals surface area contributed by atoms with Crippen molar-refractivity contribution in [2.45, 2.75) is 76.3 Å². The van der Waals surface area contributed by atoms with E-state index < -0.39 is 0 Å². The second kappa shape index (κ2) is 5.59. The molecule has 20 heavy (non-hydrogen) atoms. The van der Waals surface area contributed by atoms with E-state index >= 15 is 0 Å². The minimum Gasteiger partial charge on any atom is -0.486 e. The highest BCUT2D eigenvalue weighted by atomic mass is 35.5. The molecule has 1 aromatic rings. The van der Waals surface area contributed by atoms with Crippen molar-refractivity contribution >= 4 is 11.6 Å². The van der Waals surface area contributed by atoms with E-state index in [0.717, 1.165) is 12.2 Å². The summed E-state index contributed by atoms with van der Waals surface area (Å²) in [6.07, 6.45) is 12.9. The Morgan fingerprint density at radius 3 is 2.55 bits per heavy atom. The average Bonchev–Trinajstić information content (AvgIpc) is 2.73. The van der Waals surface area contributed by atoms with Crippen LogP contribution in [0.15, 0.2) is 12.4 Å². The van der Waals surface area contributed by atoms with Gasteiger partial charge in [-0.05, 0) is 26.7 Å². The van der Waals surface area contributed by atoms with Crippen molar-refractivity contribution in [1.82, 2.24) is 9.78 Å². The van der Waals surface area contributed by atoms with Crippen LogP contribution in [0.3, 0.4) is 0 Å². The lowest BCUT2D eigenvalue weighted by Crippen LogP contribution is -2.57. The molecule has 0 saturated heterocycles. The standard InChI is InChI=1S/C16H25ClN2O/c1-12(2)19-11-13(10-18-19)20-15-9-14(17)16(15)7-5-3-4-6-8-16/h10-12,14-15H,3-9H2,1-2H3. The minimum absolute atomic E-state index is 0.220. The summed E-state index contributed by atoms with van der Waals surface area (Å²) in [6.45, 7) is 4.25. The maximum atomic E-state index is 6.57. The Morgan fingerprint density at radius 1 is 1.30 bits per heavy atom. The highest BCUT2D eigenvalue weighted by molar-refractivity contribution is 6.21. The molecule has 0 N–H and O–H groups in total. The van der Waals surface area contributed by atoms with Crippen LogP contribution < -0.4 is 4.74 Å². The molecule has 1 aromatic heterocycles. The van der Waals surface area contributed by atoms with Gasteiger partial charge in [0.15, 0.2) is 5.75 Å². The summed E-state index contributed by atoms with van der Waals surface area (Å²) in [7, 11) is 0. The molecule has 2 unspecified atom stereocenters. The van der Waals surface area contributed by atoms with Crippen molar-refractivity contribution in [3.63, 3.8) is 0 Å². The van der Waals surface area contributed by atoms with Gasteiger partial charge in [0.05, 0.1) is 12.4 Å². The van der Waals surface area contributed by atoms with Gasteiger partial charge in [0, 0.05) is 23.3 Å². The Balaban J connectivity index is 1.70. The summed E-state index contributed by atoms with van der Waals surface area (Å²) in [5.41, 5.74) is 0.220. The van der Waals surface area contributed by atoms with Crippen molar-refractivity contribution in [2.75, 3.05) is 0 Å². The third-order valence-electron chi connectivity index (χ3n) is 5.11. The van der Waals surface area contributed by atoms with Crippen molar-refractivity contribution in [3.8, 4) is 5.75 Å². The monoisotopic (exact) mass is 296 g/mol. The maximum absolute atomic E-state index is 6.57. The van der Waals surface area contributed by atoms with Gasteiger partial charge in [-0.1, -0.05) is 25.7 Å². The summed E-state index contributed by atoms with van der Waals surface area (Å²) < 4.78 is 8.18. The molecule has 0 aliphatic heterocycles. The van der Waals surface area contributed by atoms with Gasteiger partial charge in [0.25, 0.3) is 0 Å². The number of nitrogens with zero attached hydrogens (tertiary/aromatic N) is 2. The summed E-state index contributed by atoms with van der Waals surface area (Å²) in [5, 5.41) is 4.65. The summed E-state index contributed by atoms with van der Waals surface area (Å²) in [4.78, 5) is 0. The van der Waals surface area contributed by atoms with Crippen LogP contribution in [-0.4, -0.2) is 21.3 Å². The molecule has 0 aromatic carbocycles. The summed E-state index contributed by atoms with van der Waals surface area (Å²) >= 11 is 6.57. The average molecular weight is 297 g/mol. The molecule has 0 radical (unpaired) electrons. The normalized spacial score (nSPS) is 29.2. The number of hydrogen-bond acceptors (Lipinski definition) is 2. The van der Waals surface area contributed by atoms with Crippen LogP contribution in [0.1, 0.15) is 64.8 Å². The fraction of sp³-hybridized carbons (Fsp3) is 0.812. The van der Waals surface area contributed by atoms with Crippen LogP contribution in [0.25, 0.3) is 0 Å². The Kier molecular flexibility index (Phi) is 3.98. The lowest BCUT2D eigenvalue weighted by molar-refractivity contribution is -0.0513. The number of hydrogen-bond donors (Lipinski definition) is 0. The molecule has 0 bridgehead atoms. The Morgan fingerprint density at radius 2 is 2.00 bits per heavy atom. The van der Waals surface area contributed by atoms with Gasteiger partial charge in [-0.15, -0.1) is 11.6 Å². The van der Waals surface area contributed by atoms with Crippen molar-refractivity contribution in [1.29, 1.82) is 0 Å². The van der Waals surface area contributed by atoms with Crippen LogP contribution in [0.2, 0.25) is 0 Å². The first kappa shape index (κ1) is 14.2. The van der Waals surface area contributed by atoms with E-state index in [1.54, 1.807) is 0 Å². The van der Waals surface area contributed by atoms with Gasteiger partial charge in [-0.3, -0.25) is 4.68 Å². The van der Waals surface area contributed by atoms with Gasteiger partial charge in [0.2, 0.25) is 0 Å². The summed E-state index contributed by atoms with van der Waals surface area (Å²) in [5.74, 6) is 0.899. The fourth-order valence-electron chi connectivity index (χ4n) is 3.71. The van der Waals surface area contributed by atoms with E-state index in [1.807, 2.05) is 17.1 Å². The maximum Gasteiger partial charge on any atom is 0.157 e. The number of aromatic nitrogens is 2. The lowest BCUT2D eigenvalue weighted by atomic mass is 9.61. The lowest BCUT2D eigenvalue weighted by Gasteiger charge is -2.52. The third-order valence-corrected chi connectivity index (χ3v) is 5.72. The second-order valence-electron chi connectivity index (χ2n) is 6.71. The molecule has 2 aliphatic carbocycles. The molecular formula is C16H25ClN2O. The van der Waals surface area contributed by atoms with Crippen LogP contribution >= 0.6 is 11.6 Å². The van der Waals surface area contributed by atoms with Gasteiger partial charge in [-0.25, -0.2) is 0 Å². The second-order valence-corrected chi connectivity index (χ2v) is 7.23. The zero-order valence-corrected chi connectivity index (χ0v) is 13.3. The Bertz CT molecular complexity index is 449. The molecule has 3 nitrogen and oxygen atoms in total. The molecule has 2 saturated carbocycles. The first-order valence-electron chi connectivity index (χ1n) is 7.97. The summed E-state index contributed by atoms with van der Waals surface area (Å²) in [6, 6.07) is 0.376. The quantitative estimate of drug-likeness (QED) is 0.764. The zero-order chi connectivity index (χ0) is 14.2. The molecule has 4 heteroatoms. The van der Waals surface area contributed by atoms with E-state index in [-0.39, 0.29) is 11.5 Å². The highest BCUT2D eigenvalue weighted by Crippen LogP contribution is 2.54. The molecule has 1 spiro atoms. The SMILES string of the molecule is CC(C)n1cc(OC2CC(Cl)C23CCCCCC3)cn1. The van der Waals surface area contributed by atoms with Crippen LogP contribution in [0.5, 0.6) is 5.75 Å². The molecule has 1 heterocycles. The van der Waals surface area contributed by atoms with E-state index in [0.29, 0.717) is 11.4 Å². The number of ether oxygens (including phenoxy) is 1. The minimum atomic E-state index is 0.220. The first-order valence-corrected chi connectivity index (χ1v) is 8.40. The largest absolute Gasteiger partial charge is 0.486 e. The smallest absolute Gasteiger partial charge is 0.157 e. The molecule has 0 amide bonds. The predicted molar refractivity (Wildman–Crippen MR) is 81.4 cm³/mol. The molecule has 2 atom stereocenters. The van der Waals surface area contributed by atoms with Crippen molar-refractivity contribution in [2.24, 2.45) is 5.41 Å². The molecule has 2 fully saturated rings. The molecule has 2 aliphatic rings. The predicted octanol–water partition coefficient (Wildman–Crippen LogP) is 4.56. The zero-order valence-electron chi connectivity index (χ0n) is 12.5. The van der Waals surface area contributed by atoms with E-state index in [4.69, 9.17) is 16.3 Å². The highest BCUT2D eigenvalue weighted by Gasteiger charge is 2.55. The number of halogens is 1. The Hall–Kier alpha value is -0.700. The van der Waals surface area contributed by atoms with Crippen molar-refractivity contribution in [3.05, 3.63) is 12.4 Å². The molecular weight excluding hydrogens is 272 g/mol. The topological polar surface area (TPSA) is 27.1 Å². The van der Waals surface area contributed by atoms with E-state index in [2.05, 4.69) is 18.9 Å². The van der Waals surface area contributed by atoms with Gasteiger partial charge in [0.1, 0.15) is 6.10 Å². The van der Waals surface area contributed by atoms with Crippen LogP contribution in [-0.2, 0) is 0 Å². The van der Waals surface area contributed by atoms with Gasteiger partial charge < -0.3 is 4.74 Å². The van der Waals surface area contributed by atoms with Gasteiger partial charge >= 0.3 is 0 Å². The van der Waals surface area contributed by atoms with Crippen LogP contribution in [0.4, 0.5) is 0 Å². The molecule has 112 valence electrons. The van der Waals surface area contributed by atoms with E-state index in [1.165, 1.54) is 38.5 Å². The fourth-order valence-corrected chi connectivity index (χ4v) is 4.23.